The molecule has 0 fully saturated rings. The standard InChI is InChI=1S/Al.2Cu.Ti.3H. The van der Waals surface area contributed by atoms with Gasteiger partial charge in [0, 0.05) is 55.9 Å². The van der Waals surface area contributed by atoms with E-state index in [0.29, 0.717) is 0 Å². The van der Waals surface area contributed by atoms with Crippen molar-refractivity contribution in [2.24, 2.45) is 0 Å². The van der Waals surface area contributed by atoms with Crippen molar-refractivity contribution in [1.82, 2.24) is 0 Å². The van der Waals surface area contributed by atoms with Crippen LogP contribution in [-0.2, 0) is 55.9 Å². The Balaban J connectivity index is 0. The molecule has 0 spiro atoms. The Kier molecular flexibility index (Phi) is 156. The molecule has 2 radical (unpaired) electrons. The number of rotatable bonds is 0. The van der Waals surface area contributed by atoms with Crippen LogP contribution in [0.1, 0.15) is 0 Å². The van der Waals surface area contributed by atoms with Gasteiger partial charge in [0.15, 0.2) is 17.4 Å². The summed E-state index contributed by atoms with van der Waals surface area (Å²) < 4.78 is 0. The predicted molar refractivity (Wildman–Crippen MR) is 9.94 cm³/mol. The van der Waals surface area contributed by atoms with Crippen molar-refractivity contribution >= 4 is 17.4 Å². The van der Waals surface area contributed by atoms with Gasteiger partial charge in [0.25, 0.3) is 0 Å². The summed E-state index contributed by atoms with van der Waals surface area (Å²) in [5, 5.41) is 0. The summed E-state index contributed by atoms with van der Waals surface area (Å²) in [7, 11) is 0. The van der Waals surface area contributed by atoms with Gasteiger partial charge in [0.2, 0.25) is 0 Å². The van der Waals surface area contributed by atoms with Gasteiger partial charge in [-0.1, -0.05) is 0 Å². The van der Waals surface area contributed by atoms with Gasteiger partial charge in [0.05, 0.1) is 0 Å². The van der Waals surface area contributed by atoms with E-state index < -0.39 is 0 Å². The zero-order chi connectivity index (χ0) is 0. The maximum atomic E-state index is 0. The normalized spacial score (nSPS) is 0. The van der Waals surface area contributed by atoms with Gasteiger partial charge in [-0.15, -0.1) is 0 Å². The molecule has 0 rings (SSSR count). The molecule has 0 amide bonds. The molecule has 4 heteroatoms. The van der Waals surface area contributed by atoms with Crippen molar-refractivity contribution in [2.75, 3.05) is 0 Å². The van der Waals surface area contributed by atoms with Crippen molar-refractivity contribution in [3.63, 3.8) is 0 Å². The largest absolute Gasteiger partial charge is 0.187 e. The van der Waals surface area contributed by atoms with Gasteiger partial charge in [-0.3, -0.25) is 0 Å². The SMILES string of the molecule is [AlH3].[Cu].[Cu].[Ti]. The molecular formula is H3AlCu2Ti. The van der Waals surface area contributed by atoms with E-state index in [0.717, 1.165) is 0 Å². The molecule has 0 saturated heterocycles. The molecular weight excluding hydrogens is 202 g/mol. The average molecular weight is 205 g/mol. The molecule has 0 nitrogen and oxygen atoms in total. The minimum Gasteiger partial charge on any atom is 0 e. The van der Waals surface area contributed by atoms with Gasteiger partial charge in [-0.25, -0.2) is 0 Å². The Bertz CT molecular complexity index is 6.00. The van der Waals surface area contributed by atoms with Crippen LogP contribution in [-0.4, -0.2) is 17.4 Å². The van der Waals surface area contributed by atoms with E-state index in [9.17, 15) is 0 Å². The summed E-state index contributed by atoms with van der Waals surface area (Å²) in [4.78, 5) is 0. The van der Waals surface area contributed by atoms with Gasteiger partial charge in [0.1, 0.15) is 0 Å². The topological polar surface area (TPSA) is 0 Å². The smallest absolute Gasteiger partial charge is 0 e. The first-order valence-electron chi connectivity index (χ1n) is 0. The van der Waals surface area contributed by atoms with Crippen molar-refractivity contribution in [2.45, 2.75) is 0 Å². The third kappa shape index (κ3) is 8.86. The molecule has 0 aromatic carbocycles. The van der Waals surface area contributed by atoms with Gasteiger partial charge >= 0.3 is 0 Å². The van der Waals surface area contributed by atoms with Crippen molar-refractivity contribution < 1.29 is 55.9 Å². The molecule has 0 N–H and O–H groups in total. The fourth-order valence-corrected chi connectivity index (χ4v) is 0. The fraction of sp³-hybridized carbons (Fsp3) is 0. The Labute approximate surface area is 72.4 Å². The van der Waals surface area contributed by atoms with Crippen molar-refractivity contribution in [1.29, 1.82) is 0 Å². The Morgan fingerprint density at radius 1 is 0.750 bits per heavy atom. The first-order valence-corrected chi connectivity index (χ1v) is 0. The first-order chi connectivity index (χ1) is 0. The zero-order valence-electron chi connectivity index (χ0n) is 1.10. The predicted octanol–water partition coefficient (Wildman–Crippen LogP) is -1.19. The van der Waals surface area contributed by atoms with Crippen molar-refractivity contribution in [3.05, 3.63) is 0 Å². The van der Waals surface area contributed by atoms with Crippen molar-refractivity contribution in [3.8, 4) is 0 Å². The van der Waals surface area contributed by atoms with E-state index >= 15 is 0 Å². The molecule has 0 saturated carbocycles. The van der Waals surface area contributed by atoms with E-state index in [1.54, 1.807) is 0 Å². The second-order valence-electron chi connectivity index (χ2n) is 0. The summed E-state index contributed by atoms with van der Waals surface area (Å²) in [5.74, 6) is 0. The fourth-order valence-electron chi connectivity index (χ4n) is 0. The van der Waals surface area contributed by atoms with Gasteiger partial charge in [-0.2, -0.15) is 0 Å². The zero-order valence-corrected chi connectivity index (χ0v) is 4.55. The summed E-state index contributed by atoms with van der Waals surface area (Å²) in [6.07, 6.45) is 0. The third-order valence-corrected chi connectivity index (χ3v) is 0. The molecule has 32 valence electrons. The van der Waals surface area contributed by atoms with Crippen LogP contribution in [0.2, 0.25) is 0 Å². The van der Waals surface area contributed by atoms with Crippen LogP contribution < -0.4 is 0 Å². The van der Waals surface area contributed by atoms with E-state index in [1.165, 1.54) is 0 Å². The maximum Gasteiger partial charge on any atom is 0.187 e. The number of hydrogen-bond acceptors (Lipinski definition) is 0. The molecule has 0 unspecified atom stereocenters. The van der Waals surface area contributed by atoms with Gasteiger partial charge < -0.3 is 0 Å². The Morgan fingerprint density at radius 3 is 0.750 bits per heavy atom. The van der Waals surface area contributed by atoms with Crippen LogP contribution in [0.5, 0.6) is 0 Å². The van der Waals surface area contributed by atoms with Crippen LogP contribution >= 0.6 is 0 Å². The maximum absolute atomic E-state index is 0. The van der Waals surface area contributed by atoms with E-state index in [1.807, 2.05) is 0 Å². The second kappa shape index (κ2) is 18.6. The summed E-state index contributed by atoms with van der Waals surface area (Å²) >= 11 is 0. The quantitative estimate of drug-likeness (QED) is 0.436. The Hall–Kier alpha value is 2.29. The molecule has 0 aliphatic carbocycles. The second-order valence-corrected chi connectivity index (χ2v) is 0. The number of hydrogen-bond donors (Lipinski definition) is 0. The first kappa shape index (κ1) is 33.6. The minimum absolute atomic E-state index is 0. The third-order valence-electron chi connectivity index (χ3n) is 0. The van der Waals surface area contributed by atoms with Crippen LogP contribution in [0, 0.1) is 0 Å². The van der Waals surface area contributed by atoms with E-state index in [-0.39, 0.29) is 73.2 Å². The minimum atomic E-state index is 0. The van der Waals surface area contributed by atoms with Crippen LogP contribution in [0.15, 0.2) is 0 Å². The summed E-state index contributed by atoms with van der Waals surface area (Å²) in [6.45, 7) is 0. The van der Waals surface area contributed by atoms with Gasteiger partial charge in [-0.05, 0) is 0 Å². The van der Waals surface area contributed by atoms with E-state index in [2.05, 4.69) is 0 Å². The van der Waals surface area contributed by atoms with E-state index in [4.69, 9.17) is 0 Å². The van der Waals surface area contributed by atoms with Crippen LogP contribution in [0.25, 0.3) is 0 Å². The molecule has 0 aliphatic heterocycles. The summed E-state index contributed by atoms with van der Waals surface area (Å²) in [6, 6.07) is 0. The molecule has 4 heavy (non-hydrogen) atoms. The molecule has 0 bridgehead atoms. The van der Waals surface area contributed by atoms with Crippen LogP contribution in [0.3, 0.4) is 0 Å². The summed E-state index contributed by atoms with van der Waals surface area (Å²) in [5.41, 5.74) is 0. The Morgan fingerprint density at radius 2 is 0.750 bits per heavy atom. The monoisotopic (exact) mass is 204 g/mol. The molecule has 0 aromatic heterocycles. The average Bonchev–Trinajstić information content (AvgIpc) is 0. The van der Waals surface area contributed by atoms with Crippen LogP contribution in [0.4, 0.5) is 0 Å². The molecule has 0 aromatic rings. The molecule has 0 atom stereocenters. The molecule has 0 aliphatic rings. The molecule has 0 heterocycles.